The summed E-state index contributed by atoms with van der Waals surface area (Å²) in [5.74, 6) is -1.11. The molecule has 0 spiro atoms. The number of aliphatic hydroxyl groups is 1. The summed E-state index contributed by atoms with van der Waals surface area (Å²) in [6.45, 7) is 0.0211. The van der Waals surface area contributed by atoms with Gasteiger partial charge in [-0.2, -0.15) is 0 Å². The van der Waals surface area contributed by atoms with Gasteiger partial charge in [-0.25, -0.2) is 9.59 Å². The molecule has 19 heavy (non-hydrogen) atoms. The number of nitrogens with one attached hydrogen (secondary N) is 1. The SMILES string of the molecule is O=C(O)[C@@H]1CC(O)CN1C(=O)Nc1ccccc1Br. The van der Waals surface area contributed by atoms with Gasteiger partial charge in [0.05, 0.1) is 11.8 Å². The lowest BCUT2D eigenvalue weighted by atomic mass is 10.2. The van der Waals surface area contributed by atoms with Gasteiger partial charge >= 0.3 is 12.0 Å². The average Bonchev–Trinajstić information content (AvgIpc) is 2.74. The van der Waals surface area contributed by atoms with Gasteiger partial charge in [-0.3, -0.25) is 0 Å². The minimum Gasteiger partial charge on any atom is -0.480 e. The molecular formula is C12H13BrN2O4. The van der Waals surface area contributed by atoms with E-state index in [1.54, 1.807) is 24.3 Å². The zero-order valence-electron chi connectivity index (χ0n) is 9.91. The molecule has 1 unspecified atom stereocenters. The second-order valence-electron chi connectivity index (χ2n) is 4.31. The van der Waals surface area contributed by atoms with Crippen LogP contribution in [0.25, 0.3) is 0 Å². The van der Waals surface area contributed by atoms with Crippen LogP contribution >= 0.6 is 15.9 Å². The maximum absolute atomic E-state index is 12.0. The Morgan fingerprint density at radius 3 is 2.68 bits per heavy atom. The summed E-state index contributed by atoms with van der Waals surface area (Å²) in [4.78, 5) is 24.2. The topological polar surface area (TPSA) is 89.9 Å². The van der Waals surface area contributed by atoms with E-state index in [9.17, 15) is 14.7 Å². The van der Waals surface area contributed by atoms with E-state index < -0.39 is 24.1 Å². The fraction of sp³-hybridized carbons (Fsp3) is 0.333. The Morgan fingerprint density at radius 1 is 1.37 bits per heavy atom. The van der Waals surface area contributed by atoms with Gasteiger partial charge in [0.15, 0.2) is 0 Å². The third-order valence-corrected chi connectivity index (χ3v) is 3.63. The summed E-state index contributed by atoms with van der Waals surface area (Å²) in [7, 11) is 0. The van der Waals surface area contributed by atoms with E-state index in [0.717, 1.165) is 4.90 Å². The van der Waals surface area contributed by atoms with Gasteiger partial charge in [0, 0.05) is 17.4 Å². The minimum absolute atomic E-state index is 0.0211. The molecule has 102 valence electrons. The average molecular weight is 329 g/mol. The molecule has 1 aliphatic rings. The molecule has 2 rings (SSSR count). The number of hydrogen-bond donors (Lipinski definition) is 3. The largest absolute Gasteiger partial charge is 0.480 e. The van der Waals surface area contributed by atoms with Crippen LogP contribution in [0.4, 0.5) is 10.5 Å². The monoisotopic (exact) mass is 328 g/mol. The number of aliphatic carboxylic acids is 1. The number of halogens is 1. The summed E-state index contributed by atoms with van der Waals surface area (Å²) in [6.07, 6.45) is -0.746. The highest BCUT2D eigenvalue weighted by molar-refractivity contribution is 9.10. The number of carbonyl (C=O) groups is 2. The molecule has 3 N–H and O–H groups in total. The summed E-state index contributed by atoms with van der Waals surface area (Å²) < 4.78 is 0.704. The van der Waals surface area contributed by atoms with Crippen LogP contribution in [0.1, 0.15) is 6.42 Å². The molecule has 1 saturated heterocycles. The summed E-state index contributed by atoms with van der Waals surface area (Å²) in [6, 6.07) is 5.51. The van der Waals surface area contributed by atoms with Crippen molar-refractivity contribution in [2.75, 3.05) is 11.9 Å². The highest BCUT2D eigenvalue weighted by atomic mass is 79.9. The van der Waals surface area contributed by atoms with Crippen LogP contribution in [0.3, 0.4) is 0 Å². The first-order chi connectivity index (χ1) is 8.99. The van der Waals surface area contributed by atoms with Gasteiger partial charge in [0.25, 0.3) is 0 Å². The van der Waals surface area contributed by atoms with Crippen molar-refractivity contribution in [1.29, 1.82) is 0 Å². The number of benzene rings is 1. The predicted molar refractivity (Wildman–Crippen MR) is 71.9 cm³/mol. The standard InChI is InChI=1S/C12H13BrN2O4/c13-8-3-1-2-4-9(8)14-12(19)15-6-7(16)5-10(15)11(17)18/h1-4,7,10,16H,5-6H2,(H,14,19)(H,17,18)/t7?,10-/m0/s1. The molecule has 0 radical (unpaired) electrons. The number of carboxylic acids is 1. The number of hydrogen-bond acceptors (Lipinski definition) is 3. The lowest BCUT2D eigenvalue weighted by molar-refractivity contribution is -0.141. The van der Waals surface area contributed by atoms with Crippen LogP contribution in [-0.4, -0.2) is 45.8 Å². The van der Waals surface area contributed by atoms with E-state index in [1.807, 2.05) is 0 Å². The number of nitrogens with zero attached hydrogens (tertiary/aromatic N) is 1. The lowest BCUT2D eigenvalue weighted by Gasteiger charge is -2.21. The molecule has 1 aromatic rings. The molecule has 1 aliphatic heterocycles. The second kappa shape index (κ2) is 5.58. The van der Waals surface area contributed by atoms with Crippen LogP contribution in [0, 0.1) is 0 Å². The Kier molecular flexibility index (Phi) is 4.06. The van der Waals surface area contributed by atoms with Crippen molar-refractivity contribution in [1.82, 2.24) is 4.90 Å². The molecule has 0 bridgehead atoms. The van der Waals surface area contributed by atoms with Gasteiger partial charge in [-0.1, -0.05) is 12.1 Å². The number of likely N-dealkylation sites (tertiary alicyclic amines) is 1. The molecule has 0 aromatic heterocycles. The highest BCUT2D eigenvalue weighted by Crippen LogP contribution is 2.24. The van der Waals surface area contributed by atoms with Crippen LogP contribution in [-0.2, 0) is 4.79 Å². The predicted octanol–water partition coefficient (Wildman–Crippen LogP) is 1.50. The Labute approximate surface area is 118 Å². The minimum atomic E-state index is -1.11. The van der Waals surface area contributed by atoms with E-state index >= 15 is 0 Å². The summed E-state index contributed by atoms with van der Waals surface area (Å²) in [5.41, 5.74) is 0.554. The Hall–Kier alpha value is -1.60. The highest BCUT2D eigenvalue weighted by Gasteiger charge is 2.39. The first-order valence-corrected chi connectivity index (χ1v) is 6.51. The maximum Gasteiger partial charge on any atom is 0.326 e. The van der Waals surface area contributed by atoms with E-state index in [0.29, 0.717) is 10.2 Å². The maximum atomic E-state index is 12.0. The summed E-state index contributed by atoms with van der Waals surface area (Å²) in [5, 5.41) is 21.1. The van der Waals surface area contributed by atoms with Gasteiger partial charge < -0.3 is 20.4 Å². The van der Waals surface area contributed by atoms with E-state index in [1.165, 1.54) is 0 Å². The number of anilines is 1. The van der Waals surface area contributed by atoms with Crippen molar-refractivity contribution in [2.24, 2.45) is 0 Å². The third kappa shape index (κ3) is 3.05. The molecule has 2 amide bonds. The Balaban J connectivity index is 2.11. The van der Waals surface area contributed by atoms with Gasteiger partial charge in [0.2, 0.25) is 0 Å². The first-order valence-electron chi connectivity index (χ1n) is 5.72. The molecule has 1 heterocycles. The number of para-hydroxylation sites is 1. The van der Waals surface area contributed by atoms with Gasteiger partial charge in [0.1, 0.15) is 6.04 Å². The molecule has 0 saturated carbocycles. The first kappa shape index (κ1) is 13.8. The van der Waals surface area contributed by atoms with Crippen molar-refractivity contribution in [3.8, 4) is 0 Å². The van der Waals surface area contributed by atoms with Crippen LogP contribution in [0.2, 0.25) is 0 Å². The molecule has 1 fully saturated rings. The zero-order valence-corrected chi connectivity index (χ0v) is 11.5. The smallest absolute Gasteiger partial charge is 0.326 e. The molecule has 1 aromatic carbocycles. The quantitative estimate of drug-likeness (QED) is 0.767. The Bertz CT molecular complexity index is 508. The fourth-order valence-corrected chi connectivity index (χ4v) is 2.41. The number of rotatable bonds is 2. The van der Waals surface area contributed by atoms with Crippen molar-refractivity contribution in [3.05, 3.63) is 28.7 Å². The number of urea groups is 1. The van der Waals surface area contributed by atoms with Crippen LogP contribution in [0.15, 0.2) is 28.7 Å². The third-order valence-electron chi connectivity index (χ3n) is 2.94. The molecule has 7 heteroatoms. The van der Waals surface area contributed by atoms with Crippen molar-refractivity contribution in [3.63, 3.8) is 0 Å². The second-order valence-corrected chi connectivity index (χ2v) is 5.16. The fourth-order valence-electron chi connectivity index (χ4n) is 2.02. The molecular weight excluding hydrogens is 316 g/mol. The van der Waals surface area contributed by atoms with E-state index in [2.05, 4.69) is 21.2 Å². The molecule has 6 nitrogen and oxygen atoms in total. The number of β-amino-alcohol motifs (C(OH)–C–C–N with tert-alkyl or cyclic N) is 1. The van der Waals surface area contributed by atoms with Crippen molar-refractivity contribution < 1.29 is 19.8 Å². The van der Waals surface area contributed by atoms with E-state index in [4.69, 9.17) is 5.11 Å². The Morgan fingerprint density at radius 2 is 2.05 bits per heavy atom. The number of amides is 2. The number of carbonyl (C=O) groups excluding carboxylic acids is 1. The van der Waals surface area contributed by atoms with E-state index in [-0.39, 0.29) is 13.0 Å². The molecule has 0 aliphatic carbocycles. The van der Waals surface area contributed by atoms with Crippen molar-refractivity contribution >= 4 is 33.6 Å². The number of aliphatic hydroxyl groups excluding tert-OH is 1. The summed E-state index contributed by atoms with van der Waals surface area (Å²) >= 11 is 3.29. The lowest BCUT2D eigenvalue weighted by Crippen LogP contribution is -2.43. The van der Waals surface area contributed by atoms with Crippen LogP contribution < -0.4 is 5.32 Å². The molecule has 2 atom stereocenters. The van der Waals surface area contributed by atoms with Crippen LogP contribution in [0.5, 0.6) is 0 Å². The number of carboxylic acid groups (broad SMARTS) is 1. The van der Waals surface area contributed by atoms with Gasteiger partial charge in [-0.05, 0) is 28.1 Å². The van der Waals surface area contributed by atoms with Gasteiger partial charge in [-0.15, -0.1) is 0 Å². The van der Waals surface area contributed by atoms with Crippen molar-refractivity contribution in [2.45, 2.75) is 18.6 Å². The zero-order chi connectivity index (χ0) is 14.0. The normalized spacial score (nSPS) is 22.3.